The zero-order valence-corrected chi connectivity index (χ0v) is 11.6. The van der Waals surface area contributed by atoms with E-state index in [4.69, 9.17) is 5.11 Å². The Labute approximate surface area is 119 Å². The van der Waals surface area contributed by atoms with Crippen LogP contribution in [0.5, 0.6) is 0 Å². The van der Waals surface area contributed by atoms with Gasteiger partial charge in [0.05, 0.1) is 10.5 Å². The van der Waals surface area contributed by atoms with Crippen molar-refractivity contribution >= 4 is 21.8 Å². The Morgan fingerprint density at radius 2 is 2.10 bits per heavy atom. The smallest absolute Gasteiger partial charge is 0.335 e. The molecule has 0 saturated carbocycles. The van der Waals surface area contributed by atoms with Gasteiger partial charge in [0.15, 0.2) is 5.82 Å². The Balaban J connectivity index is 2.52. The molecule has 0 aliphatic heterocycles. The van der Waals surface area contributed by atoms with Crippen LogP contribution in [-0.4, -0.2) is 29.7 Å². The van der Waals surface area contributed by atoms with E-state index in [1.54, 1.807) is 0 Å². The topological polar surface area (TPSA) is 109 Å². The van der Waals surface area contributed by atoms with E-state index in [0.29, 0.717) is 0 Å². The summed E-state index contributed by atoms with van der Waals surface area (Å²) in [4.78, 5) is 10.4. The van der Waals surface area contributed by atoms with Gasteiger partial charge in [-0.25, -0.2) is 17.6 Å². The fourth-order valence-electron chi connectivity index (χ4n) is 1.60. The molecule has 2 rings (SSSR count). The molecule has 0 atom stereocenters. The number of carbonyl (C=O) groups is 1. The summed E-state index contributed by atoms with van der Waals surface area (Å²) in [5.74, 6) is -2.41. The normalized spacial score (nSPS) is 11.1. The molecule has 1 aromatic carbocycles. The van der Waals surface area contributed by atoms with Gasteiger partial charge in [-0.3, -0.25) is 4.72 Å². The van der Waals surface area contributed by atoms with E-state index in [1.807, 2.05) is 0 Å². The SMILES string of the molecule is Cc1c(F)cc(C(=O)O)cc1S(=O)(=O)Nc1cccnn1. The summed E-state index contributed by atoms with van der Waals surface area (Å²) in [5, 5.41) is 15.9. The van der Waals surface area contributed by atoms with Gasteiger partial charge in [-0.2, -0.15) is 5.10 Å². The van der Waals surface area contributed by atoms with Crippen LogP contribution in [0.2, 0.25) is 0 Å². The Morgan fingerprint density at radius 3 is 2.67 bits per heavy atom. The molecule has 21 heavy (non-hydrogen) atoms. The first-order valence-corrected chi connectivity index (χ1v) is 7.13. The summed E-state index contributed by atoms with van der Waals surface area (Å²) in [6.07, 6.45) is 1.35. The number of sulfonamides is 1. The molecular weight excluding hydrogens is 301 g/mol. The average Bonchev–Trinajstić information content (AvgIpc) is 2.41. The van der Waals surface area contributed by atoms with Crippen molar-refractivity contribution in [3.63, 3.8) is 0 Å². The van der Waals surface area contributed by atoms with Gasteiger partial charge in [0.25, 0.3) is 10.0 Å². The highest BCUT2D eigenvalue weighted by Crippen LogP contribution is 2.22. The summed E-state index contributed by atoms with van der Waals surface area (Å²) >= 11 is 0. The minimum Gasteiger partial charge on any atom is -0.478 e. The standard InChI is InChI=1S/C12H10FN3O4S/c1-7-9(13)5-8(12(17)18)6-10(7)21(19,20)16-11-3-2-4-14-15-11/h2-6H,1H3,(H,15,16)(H,17,18). The number of hydrogen-bond acceptors (Lipinski definition) is 5. The van der Waals surface area contributed by atoms with Crippen molar-refractivity contribution in [1.29, 1.82) is 0 Å². The Hall–Kier alpha value is -2.55. The van der Waals surface area contributed by atoms with Crippen molar-refractivity contribution in [1.82, 2.24) is 10.2 Å². The minimum absolute atomic E-state index is 0.0574. The maximum Gasteiger partial charge on any atom is 0.335 e. The van der Waals surface area contributed by atoms with Gasteiger partial charge in [-0.1, -0.05) is 0 Å². The molecule has 0 aliphatic carbocycles. The van der Waals surface area contributed by atoms with Gasteiger partial charge in [0, 0.05) is 11.8 Å². The third kappa shape index (κ3) is 3.14. The van der Waals surface area contributed by atoms with E-state index >= 15 is 0 Å². The molecule has 0 bridgehead atoms. The number of aromatic carboxylic acids is 1. The first-order valence-electron chi connectivity index (χ1n) is 5.65. The Bertz CT molecular complexity index is 794. The molecule has 7 nitrogen and oxygen atoms in total. The molecule has 1 aromatic heterocycles. The van der Waals surface area contributed by atoms with Crippen molar-refractivity contribution in [2.75, 3.05) is 4.72 Å². The van der Waals surface area contributed by atoms with Crippen molar-refractivity contribution in [2.24, 2.45) is 0 Å². The van der Waals surface area contributed by atoms with Gasteiger partial charge in [0.2, 0.25) is 0 Å². The molecule has 0 aliphatic rings. The predicted molar refractivity (Wildman–Crippen MR) is 70.9 cm³/mol. The fraction of sp³-hybridized carbons (Fsp3) is 0.0833. The lowest BCUT2D eigenvalue weighted by Gasteiger charge is -2.10. The molecule has 0 spiro atoms. The Morgan fingerprint density at radius 1 is 1.38 bits per heavy atom. The zero-order chi connectivity index (χ0) is 15.6. The minimum atomic E-state index is -4.18. The van der Waals surface area contributed by atoms with Crippen LogP contribution in [-0.2, 0) is 10.0 Å². The molecule has 9 heteroatoms. The van der Waals surface area contributed by atoms with Crippen LogP contribution in [0.25, 0.3) is 0 Å². The molecular formula is C12H10FN3O4S. The number of rotatable bonds is 4. The molecule has 0 radical (unpaired) electrons. The monoisotopic (exact) mass is 311 g/mol. The number of hydrogen-bond donors (Lipinski definition) is 2. The van der Waals surface area contributed by atoms with Crippen molar-refractivity contribution in [2.45, 2.75) is 11.8 Å². The van der Waals surface area contributed by atoms with Crippen molar-refractivity contribution in [3.8, 4) is 0 Å². The molecule has 110 valence electrons. The van der Waals surface area contributed by atoms with E-state index in [9.17, 15) is 17.6 Å². The van der Waals surface area contributed by atoms with E-state index < -0.39 is 32.3 Å². The predicted octanol–water partition coefficient (Wildman–Crippen LogP) is 1.42. The van der Waals surface area contributed by atoms with Crippen molar-refractivity contribution < 1.29 is 22.7 Å². The summed E-state index contributed by atoms with van der Waals surface area (Å²) in [6.45, 7) is 1.24. The average molecular weight is 311 g/mol. The number of nitrogens with one attached hydrogen (secondary N) is 1. The van der Waals surface area contributed by atoms with Gasteiger partial charge in [0.1, 0.15) is 5.82 Å². The van der Waals surface area contributed by atoms with Crippen LogP contribution < -0.4 is 4.72 Å². The van der Waals surface area contributed by atoms with Crippen LogP contribution in [0.3, 0.4) is 0 Å². The van der Waals surface area contributed by atoms with Crippen LogP contribution in [0.1, 0.15) is 15.9 Å². The van der Waals surface area contributed by atoms with E-state index in [0.717, 1.165) is 12.1 Å². The Kier molecular flexibility index (Phi) is 3.85. The molecule has 0 saturated heterocycles. The third-order valence-corrected chi connectivity index (χ3v) is 4.13. The third-order valence-electron chi connectivity index (χ3n) is 2.64. The second-order valence-electron chi connectivity index (χ2n) is 4.10. The summed E-state index contributed by atoms with van der Waals surface area (Å²) < 4.78 is 40.2. The van der Waals surface area contributed by atoms with Crippen LogP contribution in [0.15, 0.2) is 35.4 Å². The molecule has 0 fully saturated rings. The first-order chi connectivity index (χ1) is 9.81. The van der Waals surface area contributed by atoms with Gasteiger partial charge in [-0.05, 0) is 31.2 Å². The van der Waals surface area contributed by atoms with E-state index in [-0.39, 0.29) is 11.4 Å². The van der Waals surface area contributed by atoms with Crippen LogP contribution in [0, 0.1) is 12.7 Å². The lowest BCUT2D eigenvalue weighted by molar-refractivity contribution is 0.0696. The molecule has 0 unspecified atom stereocenters. The van der Waals surface area contributed by atoms with E-state index in [1.165, 1.54) is 25.3 Å². The van der Waals surface area contributed by atoms with Crippen LogP contribution in [0.4, 0.5) is 10.2 Å². The number of aromatic nitrogens is 2. The van der Waals surface area contributed by atoms with Gasteiger partial charge in [-0.15, -0.1) is 5.10 Å². The summed E-state index contributed by atoms with van der Waals surface area (Å²) in [7, 11) is -4.18. The maximum absolute atomic E-state index is 13.7. The summed E-state index contributed by atoms with van der Waals surface area (Å²) in [6, 6.07) is 4.47. The molecule has 1 heterocycles. The number of halogens is 1. The highest BCUT2D eigenvalue weighted by molar-refractivity contribution is 7.92. The zero-order valence-electron chi connectivity index (χ0n) is 10.7. The number of carboxylic acid groups (broad SMARTS) is 1. The largest absolute Gasteiger partial charge is 0.478 e. The quantitative estimate of drug-likeness (QED) is 0.884. The lowest BCUT2D eigenvalue weighted by atomic mass is 10.1. The first kappa shape index (κ1) is 14.9. The number of carboxylic acids is 1. The fourth-order valence-corrected chi connectivity index (χ4v) is 2.88. The lowest BCUT2D eigenvalue weighted by Crippen LogP contribution is -2.17. The molecule has 2 aromatic rings. The number of nitrogens with zero attached hydrogens (tertiary/aromatic N) is 2. The second kappa shape index (κ2) is 5.44. The van der Waals surface area contributed by atoms with E-state index in [2.05, 4.69) is 14.9 Å². The molecule has 2 N–H and O–H groups in total. The molecule has 0 amide bonds. The van der Waals surface area contributed by atoms with Crippen LogP contribution >= 0.6 is 0 Å². The number of benzene rings is 1. The van der Waals surface area contributed by atoms with Gasteiger partial charge >= 0.3 is 5.97 Å². The van der Waals surface area contributed by atoms with Gasteiger partial charge < -0.3 is 5.11 Å². The number of anilines is 1. The van der Waals surface area contributed by atoms with Crippen molar-refractivity contribution in [3.05, 3.63) is 47.4 Å². The highest BCUT2D eigenvalue weighted by atomic mass is 32.2. The summed E-state index contributed by atoms with van der Waals surface area (Å²) in [5.41, 5.74) is -0.644. The maximum atomic E-state index is 13.7. The highest BCUT2D eigenvalue weighted by Gasteiger charge is 2.22. The second-order valence-corrected chi connectivity index (χ2v) is 5.75.